The highest BCUT2D eigenvalue weighted by Crippen LogP contribution is 2.10. The molecule has 0 aromatic rings. The minimum Gasteiger partial charge on any atom is -0.467 e. The van der Waals surface area contributed by atoms with Gasteiger partial charge < -0.3 is 15.2 Å². The van der Waals surface area contributed by atoms with Gasteiger partial charge in [0.1, 0.15) is 12.1 Å². The summed E-state index contributed by atoms with van der Waals surface area (Å²) in [5.41, 5.74) is 0. The summed E-state index contributed by atoms with van der Waals surface area (Å²) in [7, 11) is 1.31. The van der Waals surface area contributed by atoms with E-state index in [9.17, 15) is 14.7 Å². The summed E-state index contributed by atoms with van der Waals surface area (Å²) in [5, 5.41) is 12.4. The lowest BCUT2D eigenvalue weighted by Crippen LogP contribution is -2.46. The van der Waals surface area contributed by atoms with E-state index in [2.05, 4.69) is 12.2 Å². The van der Waals surface area contributed by atoms with Crippen molar-refractivity contribution < 1.29 is 19.4 Å². The summed E-state index contributed by atoms with van der Waals surface area (Å²) < 4.78 is 4.73. The molecule has 0 heterocycles. The number of esters is 1. The third-order valence-electron chi connectivity index (χ3n) is 3.65. The van der Waals surface area contributed by atoms with E-state index >= 15 is 0 Å². The molecule has 2 atom stereocenters. The highest BCUT2D eigenvalue weighted by atomic mass is 16.5. The highest BCUT2D eigenvalue weighted by molar-refractivity contribution is 5.86. The van der Waals surface area contributed by atoms with Gasteiger partial charge in [-0.25, -0.2) is 4.79 Å². The Morgan fingerprint density at radius 2 is 1.68 bits per heavy atom. The standard InChI is InChI=1S/C17H33NO4/c1-5-6-7-8-9-10-11-14(17(21)22-4)18-16(20)15(19)12-13(2)3/h13-15,19H,5-12H2,1-4H3,(H,18,20)/t14-,15-/m1/s1. The van der Waals surface area contributed by atoms with Gasteiger partial charge in [-0.3, -0.25) is 4.79 Å². The fourth-order valence-electron chi connectivity index (χ4n) is 2.34. The molecule has 0 radical (unpaired) electrons. The van der Waals surface area contributed by atoms with Crippen molar-refractivity contribution in [2.45, 2.75) is 84.3 Å². The van der Waals surface area contributed by atoms with E-state index in [0.717, 1.165) is 19.3 Å². The lowest BCUT2D eigenvalue weighted by Gasteiger charge is -2.19. The Morgan fingerprint density at radius 3 is 2.23 bits per heavy atom. The molecule has 0 bridgehead atoms. The number of carbonyl (C=O) groups excluding carboxylic acids is 2. The average molecular weight is 315 g/mol. The molecule has 0 aliphatic heterocycles. The molecule has 0 spiro atoms. The van der Waals surface area contributed by atoms with Crippen LogP contribution in [-0.2, 0) is 14.3 Å². The van der Waals surface area contributed by atoms with Crippen LogP contribution in [0.5, 0.6) is 0 Å². The van der Waals surface area contributed by atoms with Gasteiger partial charge in [0, 0.05) is 0 Å². The van der Waals surface area contributed by atoms with Crippen LogP contribution in [0.3, 0.4) is 0 Å². The number of unbranched alkanes of at least 4 members (excludes halogenated alkanes) is 5. The number of methoxy groups -OCH3 is 1. The molecule has 1 amide bonds. The predicted molar refractivity (Wildman–Crippen MR) is 87.4 cm³/mol. The van der Waals surface area contributed by atoms with Gasteiger partial charge in [0.2, 0.25) is 5.91 Å². The molecule has 0 aliphatic rings. The van der Waals surface area contributed by atoms with Crippen molar-refractivity contribution in [3.05, 3.63) is 0 Å². The number of ether oxygens (including phenoxy) is 1. The van der Waals surface area contributed by atoms with Crippen LogP contribution in [0.25, 0.3) is 0 Å². The van der Waals surface area contributed by atoms with E-state index in [1.807, 2.05) is 13.8 Å². The van der Waals surface area contributed by atoms with Crippen molar-refractivity contribution in [2.24, 2.45) is 5.92 Å². The number of amides is 1. The third-order valence-corrected chi connectivity index (χ3v) is 3.65. The summed E-state index contributed by atoms with van der Waals surface area (Å²) in [4.78, 5) is 23.7. The summed E-state index contributed by atoms with van der Waals surface area (Å²) in [6, 6.07) is -0.662. The van der Waals surface area contributed by atoms with E-state index in [-0.39, 0.29) is 5.92 Å². The Morgan fingerprint density at radius 1 is 1.09 bits per heavy atom. The number of rotatable bonds is 12. The number of hydrogen-bond acceptors (Lipinski definition) is 4. The number of hydrogen-bond donors (Lipinski definition) is 2. The van der Waals surface area contributed by atoms with Crippen molar-refractivity contribution in [3.63, 3.8) is 0 Å². The van der Waals surface area contributed by atoms with Gasteiger partial charge in [-0.1, -0.05) is 59.3 Å². The summed E-state index contributed by atoms with van der Waals surface area (Å²) in [5.74, 6) is -0.718. The zero-order valence-corrected chi connectivity index (χ0v) is 14.6. The number of carbonyl (C=O) groups is 2. The minimum atomic E-state index is -1.07. The second kappa shape index (κ2) is 12.4. The van der Waals surface area contributed by atoms with Crippen molar-refractivity contribution in [2.75, 3.05) is 7.11 Å². The number of aliphatic hydroxyl groups is 1. The summed E-state index contributed by atoms with van der Waals surface area (Å²) in [6.45, 7) is 6.04. The van der Waals surface area contributed by atoms with Gasteiger partial charge >= 0.3 is 5.97 Å². The Kier molecular flexibility index (Phi) is 11.8. The third kappa shape index (κ3) is 9.77. The van der Waals surface area contributed by atoms with Crippen LogP contribution in [0, 0.1) is 5.92 Å². The van der Waals surface area contributed by atoms with Crippen LogP contribution in [0.2, 0.25) is 0 Å². The van der Waals surface area contributed by atoms with Crippen molar-refractivity contribution >= 4 is 11.9 Å². The molecule has 0 saturated carbocycles. The van der Waals surface area contributed by atoms with Gasteiger partial charge in [-0.05, 0) is 18.8 Å². The summed E-state index contributed by atoms with van der Waals surface area (Å²) >= 11 is 0. The van der Waals surface area contributed by atoms with Crippen LogP contribution in [0.15, 0.2) is 0 Å². The molecule has 0 aliphatic carbocycles. The number of nitrogens with one attached hydrogen (secondary N) is 1. The van der Waals surface area contributed by atoms with Gasteiger partial charge in [-0.15, -0.1) is 0 Å². The fraction of sp³-hybridized carbons (Fsp3) is 0.882. The first-order valence-corrected chi connectivity index (χ1v) is 8.48. The molecule has 0 fully saturated rings. The van der Waals surface area contributed by atoms with E-state index in [4.69, 9.17) is 4.74 Å². The lowest BCUT2D eigenvalue weighted by atomic mass is 10.0. The molecule has 0 unspecified atom stereocenters. The second-order valence-electron chi connectivity index (χ2n) is 6.29. The van der Waals surface area contributed by atoms with Gasteiger partial charge in [-0.2, -0.15) is 0 Å². The molecule has 2 N–H and O–H groups in total. The zero-order chi connectivity index (χ0) is 17.0. The van der Waals surface area contributed by atoms with Crippen molar-refractivity contribution in [3.8, 4) is 0 Å². The zero-order valence-electron chi connectivity index (χ0n) is 14.6. The monoisotopic (exact) mass is 315 g/mol. The maximum absolute atomic E-state index is 11.9. The van der Waals surface area contributed by atoms with E-state index in [0.29, 0.717) is 12.8 Å². The van der Waals surface area contributed by atoms with Gasteiger partial charge in [0.15, 0.2) is 0 Å². The quantitative estimate of drug-likeness (QED) is 0.429. The Balaban J connectivity index is 4.23. The molecule has 0 aromatic carbocycles. The average Bonchev–Trinajstić information content (AvgIpc) is 2.47. The smallest absolute Gasteiger partial charge is 0.328 e. The van der Waals surface area contributed by atoms with Crippen LogP contribution in [0.4, 0.5) is 0 Å². The fourth-order valence-corrected chi connectivity index (χ4v) is 2.34. The van der Waals surface area contributed by atoms with Gasteiger partial charge in [0.25, 0.3) is 0 Å². The maximum atomic E-state index is 11.9. The van der Waals surface area contributed by atoms with Crippen LogP contribution in [-0.4, -0.2) is 36.2 Å². The second-order valence-corrected chi connectivity index (χ2v) is 6.29. The number of aliphatic hydroxyl groups excluding tert-OH is 1. The van der Waals surface area contributed by atoms with E-state index in [1.54, 1.807) is 0 Å². The molecule has 0 rings (SSSR count). The molecule has 0 saturated heterocycles. The molecule has 22 heavy (non-hydrogen) atoms. The van der Waals surface area contributed by atoms with E-state index < -0.39 is 24.0 Å². The molecular formula is C17H33NO4. The maximum Gasteiger partial charge on any atom is 0.328 e. The van der Waals surface area contributed by atoms with Crippen molar-refractivity contribution in [1.29, 1.82) is 0 Å². The molecular weight excluding hydrogens is 282 g/mol. The first kappa shape index (κ1) is 20.9. The Hall–Kier alpha value is -1.10. The van der Waals surface area contributed by atoms with Crippen LogP contribution < -0.4 is 5.32 Å². The van der Waals surface area contributed by atoms with Crippen LogP contribution >= 0.6 is 0 Å². The van der Waals surface area contributed by atoms with Gasteiger partial charge in [0.05, 0.1) is 7.11 Å². The Bertz CT molecular complexity index is 318. The minimum absolute atomic E-state index is 0.218. The lowest BCUT2D eigenvalue weighted by molar-refractivity contribution is -0.146. The van der Waals surface area contributed by atoms with Crippen molar-refractivity contribution in [1.82, 2.24) is 5.32 Å². The SMILES string of the molecule is CCCCCCCC[C@@H](NC(=O)[C@H](O)CC(C)C)C(=O)OC. The molecule has 5 nitrogen and oxygen atoms in total. The topological polar surface area (TPSA) is 75.6 Å². The van der Waals surface area contributed by atoms with E-state index in [1.165, 1.54) is 26.4 Å². The normalized spacial score (nSPS) is 13.7. The first-order chi connectivity index (χ1) is 10.4. The molecule has 0 aromatic heterocycles. The highest BCUT2D eigenvalue weighted by Gasteiger charge is 2.24. The predicted octanol–water partition coefficient (Wildman–Crippen LogP) is 2.80. The first-order valence-electron chi connectivity index (χ1n) is 8.48. The molecule has 5 heteroatoms. The van der Waals surface area contributed by atoms with Crippen LogP contribution in [0.1, 0.15) is 72.1 Å². The summed E-state index contributed by atoms with van der Waals surface area (Å²) in [6.07, 6.45) is 6.56. The largest absolute Gasteiger partial charge is 0.467 e. The molecule has 130 valence electrons. The Labute approximate surface area is 134 Å².